The van der Waals surface area contributed by atoms with Gasteiger partial charge in [-0.15, -0.1) is 0 Å². The molecule has 0 spiro atoms. The van der Waals surface area contributed by atoms with Gasteiger partial charge in [0.2, 0.25) is 0 Å². The number of hydrogen-bond donors (Lipinski definition) is 2. The zero-order chi connectivity index (χ0) is 17.7. The third-order valence-electron chi connectivity index (χ3n) is 3.60. The van der Waals surface area contributed by atoms with Crippen molar-refractivity contribution >= 4 is 17.4 Å². The van der Waals surface area contributed by atoms with Crippen LogP contribution in [0.5, 0.6) is 0 Å². The Kier molecular flexibility index (Phi) is 5.54. The molecule has 2 N–H and O–H groups in total. The number of nitrogens with zero attached hydrogens (tertiary/aromatic N) is 2. The van der Waals surface area contributed by atoms with Gasteiger partial charge in [0, 0.05) is 18.3 Å². The lowest BCUT2D eigenvalue weighted by atomic mass is 9.87. The molecule has 0 bridgehead atoms. The fourth-order valence-electron chi connectivity index (χ4n) is 2.14. The molecule has 2 rings (SSSR count). The van der Waals surface area contributed by atoms with Gasteiger partial charge >= 0.3 is 0 Å². The number of carbonyl (C=O) groups excluding carboxylic acids is 1. The van der Waals surface area contributed by atoms with E-state index in [1.165, 1.54) is 11.9 Å². The van der Waals surface area contributed by atoms with Crippen LogP contribution in [0.25, 0.3) is 0 Å². The molecule has 0 saturated heterocycles. The minimum absolute atomic E-state index is 0.0895. The van der Waals surface area contributed by atoms with Crippen LogP contribution in [-0.2, 0) is 5.41 Å². The highest BCUT2D eigenvalue weighted by atomic mass is 16.1. The van der Waals surface area contributed by atoms with Gasteiger partial charge in [0.15, 0.2) is 0 Å². The largest absolute Gasteiger partial charge is 0.370 e. The summed E-state index contributed by atoms with van der Waals surface area (Å²) in [5, 5.41) is 6.07. The molecule has 1 heterocycles. The maximum atomic E-state index is 12.4. The van der Waals surface area contributed by atoms with Crippen molar-refractivity contribution in [2.24, 2.45) is 5.92 Å². The highest BCUT2D eigenvalue weighted by molar-refractivity contribution is 6.03. The van der Waals surface area contributed by atoms with Gasteiger partial charge in [-0.1, -0.05) is 46.8 Å². The number of nitrogens with one attached hydrogen (secondary N) is 2. The lowest BCUT2D eigenvalue weighted by molar-refractivity contribution is 0.102. The topological polar surface area (TPSA) is 66.9 Å². The van der Waals surface area contributed by atoms with Crippen LogP contribution in [0.4, 0.5) is 11.5 Å². The van der Waals surface area contributed by atoms with Crippen molar-refractivity contribution < 1.29 is 4.79 Å². The number of anilines is 2. The van der Waals surface area contributed by atoms with Crippen molar-refractivity contribution in [3.05, 3.63) is 47.9 Å². The van der Waals surface area contributed by atoms with E-state index in [-0.39, 0.29) is 11.3 Å². The minimum atomic E-state index is -0.242. The van der Waals surface area contributed by atoms with Crippen LogP contribution in [0, 0.1) is 5.92 Å². The zero-order valence-corrected chi connectivity index (χ0v) is 15.1. The molecular formula is C19H26N4O. The molecular weight excluding hydrogens is 300 g/mol. The normalized spacial score (nSPS) is 11.4. The van der Waals surface area contributed by atoms with Gasteiger partial charge in [-0.25, -0.2) is 9.97 Å². The summed E-state index contributed by atoms with van der Waals surface area (Å²) >= 11 is 0. The van der Waals surface area contributed by atoms with Gasteiger partial charge in [0.05, 0.1) is 0 Å². The molecule has 1 aromatic heterocycles. The third kappa shape index (κ3) is 5.05. The van der Waals surface area contributed by atoms with Gasteiger partial charge in [0.25, 0.3) is 5.91 Å². The van der Waals surface area contributed by atoms with E-state index in [9.17, 15) is 4.79 Å². The predicted molar refractivity (Wildman–Crippen MR) is 98.5 cm³/mol. The molecule has 5 nitrogen and oxygen atoms in total. The van der Waals surface area contributed by atoms with E-state index in [0.717, 1.165) is 12.2 Å². The van der Waals surface area contributed by atoms with Crippen molar-refractivity contribution in [3.63, 3.8) is 0 Å². The van der Waals surface area contributed by atoms with E-state index >= 15 is 0 Å². The first kappa shape index (κ1) is 17.9. The molecule has 0 unspecified atom stereocenters. The molecule has 24 heavy (non-hydrogen) atoms. The summed E-state index contributed by atoms with van der Waals surface area (Å²) in [6, 6.07) is 9.56. The fraction of sp³-hybridized carbons (Fsp3) is 0.421. The smallest absolute Gasteiger partial charge is 0.274 e. The first-order valence-corrected chi connectivity index (χ1v) is 8.23. The fourth-order valence-corrected chi connectivity index (χ4v) is 2.14. The van der Waals surface area contributed by atoms with Crippen LogP contribution < -0.4 is 10.6 Å². The van der Waals surface area contributed by atoms with Crippen molar-refractivity contribution in [1.29, 1.82) is 0 Å². The molecule has 0 saturated carbocycles. The standard InChI is InChI=1S/C19H26N4O/c1-13(2)11-20-17-10-16(21-12-22-17)18(24)23-15-8-6-14(7-9-15)19(3,4)5/h6-10,12-13H,11H2,1-5H3,(H,23,24)(H,20,21,22). The second kappa shape index (κ2) is 7.43. The Morgan fingerprint density at radius 3 is 2.38 bits per heavy atom. The van der Waals surface area contributed by atoms with E-state index in [0.29, 0.717) is 17.4 Å². The SMILES string of the molecule is CC(C)CNc1cc(C(=O)Nc2ccc(C(C)(C)C)cc2)ncn1. The average Bonchev–Trinajstić information content (AvgIpc) is 2.53. The van der Waals surface area contributed by atoms with Gasteiger partial charge in [-0.2, -0.15) is 0 Å². The number of hydrogen-bond acceptors (Lipinski definition) is 4. The molecule has 0 radical (unpaired) electrons. The van der Waals surface area contributed by atoms with Crippen molar-refractivity contribution in [2.45, 2.75) is 40.0 Å². The summed E-state index contributed by atoms with van der Waals surface area (Å²) < 4.78 is 0. The van der Waals surface area contributed by atoms with Gasteiger partial charge in [-0.3, -0.25) is 4.79 Å². The third-order valence-corrected chi connectivity index (χ3v) is 3.60. The number of amides is 1. The monoisotopic (exact) mass is 326 g/mol. The Labute approximate surface area is 143 Å². The second-order valence-corrected chi connectivity index (χ2v) is 7.34. The zero-order valence-electron chi connectivity index (χ0n) is 15.1. The van der Waals surface area contributed by atoms with E-state index in [1.54, 1.807) is 6.07 Å². The lowest BCUT2D eigenvalue weighted by Gasteiger charge is -2.19. The van der Waals surface area contributed by atoms with E-state index in [2.05, 4.69) is 55.2 Å². The lowest BCUT2D eigenvalue weighted by Crippen LogP contribution is -2.16. The summed E-state index contributed by atoms with van der Waals surface area (Å²) in [7, 11) is 0. The van der Waals surface area contributed by atoms with Crippen molar-refractivity contribution in [2.75, 3.05) is 17.2 Å². The Bertz CT molecular complexity index is 687. The molecule has 5 heteroatoms. The van der Waals surface area contributed by atoms with Gasteiger partial charge in [-0.05, 0) is 29.0 Å². The van der Waals surface area contributed by atoms with Crippen molar-refractivity contribution in [3.8, 4) is 0 Å². The Hall–Kier alpha value is -2.43. The first-order valence-electron chi connectivity index (χ1n) is 8.23. The molecule has 1 aromatic carbocycles. The molecule has 0 atom stereocenters. The molecule has 0 aliphatic carbocycles. The van der Waals surface area contributed by atoms with Gasteiger partial charge in [0.1, 0.15) is 17.8 Å². The van der Waals surface area contributed by atoms with Crippen LogP contribution in [-0.4, -0.2) is 22.4 Å². The van der Waals surface area contributed by atoms with E-state index < -0.39 is 0 Å². The van der Waals surface area contributed by atoms with E-state index in [1.807, 2.05) is 24.3 Å². The van der Waals surface area contributed by atoms with Crippen LogP contribution >= 0.6 is 0 Å². The minimum Gasteiger partial charge on any atom is -0.370 e. The van der Waals surface area contributed by atoms with Crippen molar-refractivity contribution in [1.82, 2.24) is 9.97 Å². The average molecular weight is 326 g/mol. The molecule has 128 valence electrons. The van der Waals surface area contributed by atoms with Crippen LogP contribution in [0.1, 0.15) is 50.7 Å². The summed E-state index contributed by atoms with van der Waals surface area (Å²) in [6.45, 7) is 11.5. The number of aromatic nitrogens is 2. The summed E-state index contributed by atoms with van der Waals surface area (Å²) in [6.07, 6.45) is 1.40. The van der Waals surface area contributed by atoms with Crippen LogP contribution in [0.3, 0.4) is 0 Å². The summed E-state index contributed by atoms with van der Waals surface area (Å²) in [5.74, 6) is 0.916. The van der Waals surface area contributed by atoms with E-state index in [4.69, 9.17) is 0 Å². The Balaban J connectivity index is 2.05. The quantitative estimate of drug-likeness (QED) is 0.868. The molecule has 2 aromatic rings. The number of rotatable bonds is 5. The summed E-state index contributed by atoms with van der Waals surface area (Å²) in [4.78, 5) is 20.6. The van der Waals surface area contributed by atoms with Crippen LogP contribution in [0.15, 0.2) is 36.7 Å². The second-order valence-electron chi connectivity index (χ2n) is 7.34. The molecule has 0 aliphatic rings. The maximum Gasteiger partial charge on any atom is 0.274 e. The Morgan fingerprint density at radius 2 is 1.79 bits per heavy atom. The predicted octanol–water partition coefficient (Wildman–Crippen LogP) is 4.09. The first-order chi connectivity index (χ1) is 11.3. The molecule has 0 aliphatic heterocycles. The maximum absolute atomic E-state index is 12.4. The number of benzene rings is 1. The van der Waals surface area contributed by atoms with Gasteiger partial charge < -0.3 is 10.6 Å². The number of carbonyl (C=O) groups is 1. The van der Waals surface area contributed by atoms with Crippen LogP contribution in [0.2, 0.25) is 0 Å². The molecule has 0 fully saturated rings. The highest BCUT2D eigenvalue weighted by Crippen LogP contribution is 2.23. The summed E-state index contributed by atoms with van der Waals surface area (Å²) in [5.41, 5.74) is 2.41. The Morgan fingerprint density at radius 1 is 1.12 bits per heavy atom. The highest BCUT2D eigenvalue weighted by Gasteiger charge is 2.14. The molecule has 1 amide bonds.